The lowest BCUT2D eigenvalue weighted by Crippen LogP contribution is -2.37. The van der Waals surface area contributed by atoms with Gasteiger partial charge in [-0.05, 0) is 50.4 Å². The molecule has 1 heterocycles. The molecular weight excluding hydrogens is 300 g/mol. The van der Waals surface area contributed by atoms with Crippen LogP contribution in [0, 0.1) is 5.92 Å². The molecule has 0 amide bonds. The van der Waals surface area contributed by atoms with E-state index in [1.807, 2.05) is 30.3 Å². The molecule has 2 N–H and O–H groups in total. The molecule has 1 aromatic rings. The first-order valence-electron chi connectivity index (χ1n) is 7.86. The fraction of sp³-hybridized carbons (Fsp3) is 0.625. The van der Waals surface area contributed by atoms with E-state index in [1.54, 1.807) is 0 Å². The van der Waals surface area contributed by atoms with Crippen LogP contribution in [0.15, 0.2) is 30.3 Å². The second-order valence-electron chi connectivity index (χ2n) is 6.05. The molecule has 22 heavy (non-hydrogen) atoms. The van der Waals surface area contributed by atoms with E-state index in [0.29, 0.717) is 12.5 Å². The molecule has 6 heteroatoms. The number of rotatable bonds is 7. The summed E-state index contributed by atoms with van der Waals surface area (Å²) in [5.41, 5.74) is 0.998. The van der Waals surface area contributed by atoms with Crippen LogP contribution >= 0.6 is 0 Å². The smallest absolute Gasteiger partial charge is 0.208 e. The summed E-state index contributed by atoms with van der Waals surface area (Å²) in [6.45, 7) is 3.32. The minimum Gasteiger partial charge on any atom is -0.388 e. The van der Waals surface area contributed by atoms with Crippen molar-refractivity contribution in [1.29, 1.82) is 0 Å². The summed E-state index contributed by atoms with van der Waals surface area (Å²) < 4.78 is 24.5. The van der Waals surface area contributed by atoms with Crippen LogP contribution in [-0.2, 0) is 10.0 Å². The van der Waals surface area contributed by atoms with Gasteiger partial charge < -0.3 is 10.0 Å². The van der Waals surface area contributed by atoms with Gasteiger partial charge in [0.15, 0.2) is 0 Å². The Morgan fingerprint density at radius 3 is 2.50 bits per heavy atom. The van der Waals surface area contributed by atoms with Crippen molar-refractivity contribution < 1.29 is 13.5 Å². The molecule has 2 rings (SSSR count). The average Bonchev–Trinajstić information content (AvgIpc) is 2.51. The van der Waals surface area contributed by atoms with Gasteiger partial charge in [0, 0.05) is 6.54 Å². The highest BCUT2D eigenvalue weighted by Gasteiger charge is 2.25. The number of nitrogens with one attached hydrogen (secondary N) is 1. The summed E-state index contributed by atoms with van der Waals surface area (Å²) in [7, 11) is -3.08. The zero-order valence-electron chi connectivity index (χ0n) is 13.1. The highest BCUT2D eigenvalue weighted by Crippen LogP contribution is 2.30. The maximum absolute atomic E-state index is 11.0. The monoisotopic (exact) mass is 326 g/mol. The van der Waals surface area contributed by atoms with E-state index >= 15 is 0 Å². The molecule has 1 atom stereocenters. The Bertz CT molecular complexity index is 540. The molecule has 1 aliphatic heterocycles. The zero-order chi connectivity index (χ0) is 16.0. The van der Waals surface area contributed by atoms with Crippen LogP contribution in [0.1, 0.15) is 30.9 Å². The van der Waals surface area contributed by atoms with E-state index < -0.39 is 10.0 Å². The fourth-order valence-electron chi connectivity index (χ4n) is 2.97. The van der Waals surface area contributed by atoms with Gasteiger partial charge in [0.25, 0.3) is 0 Å². The Kier molecular flexibility index (Phi) is 6.37. The molecule has 5 nitrogen and oxygen atoms in total. The minimum absolute atomic E-state index is 0.313. The third-order valence-electron chi connectivity index (χ3n) is 4.24. The van der Waals surface area contributed by atoms with Crippen LogP contribution in [0.5, 0.6) is 0 Å². The van der Waals surface area contributed by atoms with Crippen molar-refractivity contribution in [2.45, 2.75) is 25.4 Å². The Hall–Kier alpha value is -0.950. The lowest BCUT2D eigenvalue weighted by atomic mass is 9.87. The van der Waals surface area contributed by atoms with E-state index in [-0.39, 0.29) is 6.10 Å². The lowest BCUT2D eigenvalue weighted by molar-refractivity contribution is 0.0587. The number of piperidine rings is 1. The van der Waals surface area contributed by atoms with Crippen molar-refractivity contribution in [2.24, 2.45) is 5.92 Å². The number of hydrogen-bond acceptors (Lipinski definition) is 4. The molecule has 1 unspecified atom stereocenters. The summed E-state index contributed by atoms with van der Waals surface area (Å²) >= 11 is 0. The molecule has 1 aromatic carbocycles. The predicted molar refractivity (Wildman–Crippen MR) is 88.0 cm³/mol. The maximum Gasteiger partial charge on any atom is 0.208 e. The summed E-state index contributed by atoms with van der Waals surface area (Å²) in [5, 5.41) is 10.4. The molecule has 0 aromatic heterocycles. The quantitative estimate of drug-likeness (QED) is 0.743. The number of aliphatic hydroxyl groups is 1. The topological polar surface area (TPSA) is 69.6 Å². The summed E-state index contributed by atoms with van der Waals surface area (Å²) in [6, 6.07) is 9.84. The molecule has 0 aliphatic carbocycles. The third-order valence-corrected chi connectivity index (χ3v) is 4.96. The van der Waals surface area contributed by atoms with Crippen molar-refractivity contribution in [3.8, 4) is 0 Å². The number of sulfonamides is 1. The second kappa shape index (κ2) is 8.06. The molecule has 1 saturated heterocycles. The standard InChI is InChI=1S/C16H26N2O3S/c1-22(20,21)17-10-5-11-18-12-8-15(9-13-18)16(19)14-6-3-2-4-7-14/h2-4,6-7,15-17,19H,5,8-13H2,1H3. The van der Waals surface area contributed by atoms with Crippen molar-refractivity contribution in [2.75, 3.05) is 32.4 Å². The van der Waals surface area contributed by atoms with E-state index in [0.717, 1.165) is 44.5 Å². The first-order chi connectivity index (χ1) is 10.5. The van der Waals surface area contributed by atoms with Crippen LogP contribution in [0.25, 0.3) is 0 Å². The van der Waals surface area contributed by atoms with Gasteiger partial charge in [-0.2, -0.15) is 0 Å². The van der Waals surface area contributed by atoms with E-state index in [9.17, 15) is 13.5 Å². The first kappa shape index (κ1) is 17.4. The minimum atomic E-state index is -3.08. The van der Waals surface area contributed by atoms with Crippen LogP contribution in [0.3, 0.4) is 0 Å². The molecule has 1 aliphatic rings. The normalized spacial score (nSPS) is 19.2. The zero-order valence-corrected chi connectivity index (χ0v) is 13.9. The average molecular weight is 326 g/mol. The molecular formula is C16H26N2O3S. The van der Waals surface area contributed by atoms with Gasteiger partial charge in [0.05, 0.1) is 12.4 Å². The number of hydrogen-bond donors (Lipinski definition) is 2. The number of benzene rings is 1. The van der Waals surface area contributed by atoms with E-state index in [4.69, 9.17) is 0 Å². The van der Waals surface area contributed by atoms with Crippen molar-refractivity contribution >= 4 is 10.0 Å². The summed E-state index contributed by atoms with van der Waals surface area (Å²) in [6.07, 6.45) is 3.59. The first-order valence-corrected chi connectivity index (χ1v) is 9.75. The number of aliphatic hydroxyl groups excluding tert-OH is 1. The molecule has 124 valence electrons. The highest BCUT2D eigenvalue weighted by molar-refractivity contribution is 7.88. The predicted octanol–water partition coefficient (Wildman–Crippen LogP) is 1.37. The van der Waals surface area contributed by atoms with Gasteiger partial charge in [0.2, 0.25) is 10.0 Å². The molecule has 0 saturated carbocycles. The molecule has 0 spiro atoms. The van der Waals surface area contributed by atoms with Gasteiger partial charge in [-0.15, -0.1) is 0 Å². The van der Waals surface area contributed by atoms with E-state index in [1.165, 1.54) is 6.26 Å². The van der Waals surface area contributed by atoms with Crippen LogP contribution in [-0.4, -0.2) is 50.9 Å². The Labute approximate surface area is 133 Å². The Morgan fingerprint density at radius 1 is 1.27 bits per heavy atom. The number of nitrogens with zero attached hydrogens (tertiary/aromatic N) is 1. The Morgan fingerprint density at radius 2 is 1.91 bits per heavy atom. The largest absolute Gasteiger partial charge is 0.388 e. The molecule has 0 bridgehead atoms. The van der Waals surface area contributed by atoms with Crippen molar-refractivity contribution in [1.82, 2.24) is 9.62 Å². The maximum atomic E-state index is 11.0. The summed E-state index contributed by atoms with van der Waals surface area (Å²) in [5.74, 6) is 0.313. The van der Waals surface area contributed by atoms with Crippen molar-refractivity contribution in [3.05, 3.63) is 35.9 Å². The van der Waals surface area contributed by atoms with Crippen LogP contribution in [0.2, 0.25) is 0 Å². The Balaban J connectivity index is 1.69. The van der Waals surface area contributed by atoms with E-state index in [2.05, 4.69) is 9.62 Å². The van der Waals surface area contributed by atoms with Gasteiger partial charge in [-0.3, -0.25) is 0 Å². The lowest BCUT2D eigenvalue weighted by Gasteiger charge is -2.34. The summed E-state index contributed by atoms with van der Waals surface area (Å²) in [4.78, 5) is 2.35. The molecule has 1 fully saturated rings. The fourth-order valence-corrected chi connectivity index (χ4v) is 3.49. The third kappa shape index (κ3) is 5.68. The van der Waals surface area contributed by atoms with Gasteiger partial charge in [-0.25, -0.2) is 13.1 Å². The van der Waals surface area contributed by atoms with Gasteiger partial charge in [0.1, 0.15) is 0 Å². The van der Waals surface area contributed by atoms with Gasteiger partial charge >= 0.3 is 0 Å². The molecule has 0 radical (unpaired) electrons. The van der Waals surface area contributed by atoms with Crippen molar-refractivity contribution in [3.63, 3.8) is 0 Å². The number of likely N-dealkylation sites (tertiary alicyclic amines) is 1. The highest BCUT2D eigenvalue weighted by atomic mass is 32.2. The van der Waals surface area contributed by atoms with Crippen LogP contribution < -0.4 is 4.72 Å². The SMILES string of the molecule is CS(=O)(=O)NCCCN1CCC(C(O)c2ccccc2)CC1. The van der Waals surface area contributed by atoms with Gasteiger partial charge in [-0.1, -0.05) is 30.3 Å². The van der Waals surface area contributed by atoms with Crippen LogP contribution in [0.4, 0.5) is 0 Å². The second-order valence-corrected chi connectivity index (χ2v) is 7.89.